The molecule has 1 unspecified atom stereocenters. The van der Waals surface area contributed by atoms with Gasteiger partial charge in [-0.2, -0.15) is 0 Å². The molecule has 29 heavy (non-hydrogen) atoms. The van der Waals surface area contributed by atoms with Crippen molar-refractivity contribution in [1.29, 1.82) is 0 Å². The van der Waals surface area contributed by atoms with Gasteiger partial charge in [-0.05, 0) is 54.3 Å². The number of benzene rings is 3. The molecule has 3 aromatic carbocycles. The van der Waals surface area contributed by atoms with Crippen LogP contribution in [0.4, 0.5) is 0 Å². The molecule has 1 fully saturated rings. The van der Waals surface area contributed by atoms with Crippen molar-refractivity contribution in [1.82, 2.24) is 10.2 Å². The molecule has 1 N–H and O–H groups in total. The molecule has 1 aliphatic heterocycles. The van der Waals surface area contributed by atoms with Crippen LogP contribution in [0.1, 0.15) is 30.5 Å². The Kier molecular flexibility index (Phi) is 6.60. The van der Waals surface area contributed by atoms with Gasteiger partial charge < -0.3 is 10.1 Å². The summed E-state index contributed by atoms with van der Waals surface area (Å²) in [5.41, 5.74) is 5.19. The number of nitrogens with zero attached hydrogens (tertiary/aromatic N) is 1. The predicted octanol–water partition coefficient (Wildman–Crippen LogP) is 5.14. The fourth-order valence-electron chi connectivity index (χ4n) is 4.14. The maximum absolute atomic E-state index is 5.65. The molecule has 0 aromatic heterocycles. The Hall–Kier alpha value is -2.62. The highest BCUT2D eigenvalue weighted by atomic mass is 16.5. The average molecular weight is 387 g/mol. The highest BCUT2D eigenvalue weighted by molar-refractivity contribution is 5.63. The Balaban J connectivity index is 1.65. The average Bonchev–Trinajstić information content (AvgIpc) is 3.06. The number of hydrogen-bond acceptors (Lipinski definition) is 3. The molecule has 0 aliphatic carbocycles. The van der Waals surface area contributed by atoms with Gasteiger partial charge in [0.05, 0.1) is 12.6 Å². The van der Waals surface area contributed by atoms with E-state index in [0.29, 0.717) is 6.61 Å². The lowest BCUT2D eigenvalue weighted by atomic mass is 9.94. The zero-order valence-corrected chi connectivity index (χ0v) is 17.2. The minimum Gasteiger partial charge on any atom is -0.494 e. The van der Waals surface area contributed by atoms with Crippen LogP contribution in [-0.4, -0.2) is 37.7 Å². The van der Waals surface area contributed by atoms with E-state index in [2.05, 4.69) is 89.1 Å². The third-order valence-corrected chi connectivity index (χ3v) is 5.58. The van der Waals surface area contributed by atoms with Gasteiger partial charge in [-0.3, -0.25) is 4.90 Å². The monoisotopic (exact) mass is 386 g/mol. The second-order valence-corrected chi connectivity index (χ2v) is 7.53. The molecule has 0 spiro atoms. The maximum atomic E-state index is 5.65. The second-order valence-electron chi connectivity index (χ2n) is 7.53. The maximum Gasteiger partial charge on any atom is 0.119 e. The lowest BCUT2D eigenvalue weighted by Crippen LogP contribution is -2.33. The van der Waals surface area contributed by atoms with E-state index in [9.17, 15) is 0 Å². The van der Waals surface area contributed by atoms with Crippen molar-refractivity contribution in [2.75, 3.05) is 32.8 Å². The van der Waals surface area contributed by atoms with Crippen molar-refractivity contribution in [3.63, 3.8) is 0 Å². The fraction of sp³-hybridized carbons (Fsp3) is 0.308. The van der Waals surface area contributed by atoms with E-state index in [4.69, 9.17) is 4.74 Å². The van der Waals surface area contributed by atoms with Crippen LogP contribution in [0, 0.1) is 0 Å². The van der Waals surface area contributed by atoms with Gasteiger partial charge in [0.25, 0.3) is 0 Å². The Morgan fingerprint density at radius 3 is 2.14 bits per heavy atom. The third-order valence-electron chi connectivity index (χ3n) is 5.58. The van der Waals surface area contributed by atoms with Crippen molar-refractivity contribution >= 4 is 0 Å². The largest absolute Gasteiger partial charge is 0.494 e. The Morgan fingerprint density at radius 1 is 0.793 bits per heavy atom. The molecule has 1 saturated heterocycles. The molecule has 0 saturated carbocycles. The fourth-order valence-corrected chi connectivity index (χ4v) is 4.14. The van der Waals surface area contributed by atoms with Crippen LogP contribution in [-0.2, 0) is 0 Å². The second kappa shape index (κ2) is 9.73. The number of nitrogens with one attached hydrogen (secondary N) is 1. The van der Waals surface area contributed by atoms with Gasteiger partial charge in [0.2, 0.25) is 0 Å². The summed E-state index contributed by atoms with van der Waals surface area (Å²) in [4.78, 5) is 2.60. The van der Waals surface area contributed by atoms with E-state index in [1.54, 1.807) is 0 Å². The first-order valence-electron chi connectivity index (χ1n) is 10.7. The van der Waals surface area contributed by atoms with E-state index < -0.39 is 0 Å². The van der Waals surface area contributed by atoms with Gasteiger partial charge in [0.1, 0.15) is 5.75 Å². The van der Waals surface area contributed by atoms with Crippen LogP contribution in [0.15, 0.2) is 78.9 Å². The molecule has 0 bridgehead atoms. The molecule has 1 heterocycles. The van der Waals surface area contributed by atoms with E-state index in [1.165, 1.54) is 28.7 Å². The Labute approximate surface area is 174 Å². The first-order chi connectivity index (χ1) is 14.3. The molecular weight excluding hydrogens is 356 g/mol. The zero-order valence-electron chi connectivity index (χ0n) is 17.2. The van der Waals surface area contributed by atoms with Gasteiger partial charge >= 0.3 is 0 Å². The summed E-state index contributed by atoms with van der Waals surface area (Å²) in [7, 11) is 0. The third kappa shape index (κ3) is 4.87. The molecule has 3 heteroatoms. The molecule has 4 rings (SSSR count). The lowest BCUT2D eigenvalue weighted by molar-refractivity contribution is 0.241. The van der Waals surface area contributed by atoms with Crippen molar-refractivity contribution < 1.29 is 4.74 Å². The summed E-state index contributed by atoms with van der Waals surface area (Å²) in [5, 5.41) is 3.53. The highest BCUT2D eigenvalue weighted by Gasteiger charge is 2.23. The standard InChI is InChI=1S/C26H30N2O/c1-2-29-25-15-13-24(14-16-25)26(28-19-6-17-27-18-20-28)23-11-9-22(10-12-23)21-7-4-3-5-8-21/h3-5,7-16,26-27H,2,6,17-20H2,1H3. The van der Waals surface area contributed by atoms with Crippen LogP contribution >= 0.6 is 0 Å². The van der Waals surface area contributed by atoms with Crippen LogP contribution in [0.25, 0.3) is 11.1 Å². The van der Waals surface area contributed by atoms with Crippen LogP contribution < -0.4 is 10.1 Å². The zero-order chi connectivity index (χ0) is 19.9. The lowest BCUT2D eigenvalue weighted by Gasteiger charge is -2.31. The van der Waals surface area contributed by atoms with Crippen LogP contribution in [0.3, 0.4) is 0 Å². The SMILES string of the molecule is CCOc1ccc(C(c2ccc(-c3ccccc3)cc2)N2CCCNCC2)cc1. The smallest absolute Gasteiger partial charge is 0.119 e. The molecule has 0 radical (unpaired) electrons. The summed E-state index contributed by atoms with van der Waals surface area (Å²) >= 11 is 0. The van der Waals surface area contributed by atoms with Crippen LogP contribution in [0.2, 0.25) is 0 Å². The van der Waals surface area contributed by atoms with Gasteiger partial charge in [-0.1, -0.05) is 66.7 Å². The van der Waals surface area contributed by atoms with Gasteiger partial charge in [0.15, 0.2) is 0 Å². The molecule has 3 aromatic rings. The summed E-state index contributed by atoms with van der Waals surface area (Å²) in [5.74, 6) is 0.937. The van der Waals surface area contributed by atoms with E-state index in [-0.39, 0.29) is 6.04 Å². The summed E-state index contributed by atoms with van der Waals surface area (Å²) in [6.07, 6.45) is 1.18. The minimum atomic E-state index is 0.260. The molecule has 1 aliphatic rings. The Morgan fingerprint density at radius 2 is 1.45 bits per heavy atom. The van der Waals surface area contributed by atoms with Gasteiger partial charge in [-0.15, -0.1) is 0 Å². The molecular formula is C26H30N2O. The van der Waals surface area contributed by atoms with Gasteiger partial charge in [-0.25, -0.2) is 0 Å². The van der Waals surface area contributed by atoms with E-state index >= 15 is 0 Å². The molecule has 3 nitrogen and oxygen atoms in total. The van der Waals surface area contributed by atoms with Crippen molar-refractivity contribution in [3.8, 4) is 16.9 Å². The summed E-state index contributed by atoms with van der Waals surface area (Å²) < 4.78 is 5.65. The minimum absolute atomic E-state index is 0.260. The van der Waals surface area contributed by atoms with Gasteiger partial charge in [0, 0.05) is 19.6 Å². The number of ether oxygens (including phenoxy) is 1. The highest BCUT2D eigenvalue weighted by Crippen LogP contribution is 2.32. The van der Waals surface area contributed by atoms with E-state index in [0.717, 1.165) is 31.9 Å². The van der Waals surface area contributed by atoms with Crippen molar-refractivity contribution in [2.24, 2.45) is 0 Å². The normalized spacial score (nSPS) is 16.2. The first kappa shape index (κ1) is 19.7. The molecule has 1 atom stereocenters. The first-order valence-corrected chi connectivity index (χ1v) is 10.7. The summed E-state index contributed by atoms with van der Waals surface area (Å²) in [6.45, 7) is 7.01. The topological polar surface area (TPSA) is 24.5 Å². The predicted molar refractivity (Wildman–Crippen MR) is 120 cm³/mol. The number of rotatable bonds is 6. The number of hydrogen-bond donors (Lipinski definition) is 1. The van der Waals surface area contributed by atoms with Crippen LogP contribution in [0.5, 0.6) is 5.75 Å². The molecule has 0 amide bonds. The Bertz CT molecular complexity index is 867. The van der Waals surface area contributed by atoms with Crippen molar-refractivity contribution in [2.45, 2.75) is 19.4 Å². The summed E-state index contributed by atoms with van der Waals surface area (Å²) in [6, 6.07) is 28.6. The van der Waals surface area contributed by atoms with Crippen molar-refractivity contribution in [3.05, 3.63) is 90.0 Å². The quantitative estimate of drug-likeness (QED) is 0.635. The van der Waals surface area contributed by atoms with E-state index in [1.807, 2.05) is 6.92 Å². The molecule has 150 valence electrons.